The predicted molar refractivity (Wildman–Crippen MR) is 124 cm³/mol. The lowest BCUT2D eigenvalue weighted by atomic mass is 9.97. The Morgan fingerprint density at radius 1 is 1.23 bits per heavy atom. The largest absolute Gasteiger partial charge is 0.350 e. The van der Waals surface area contributed by atoms with Gasteiger partial charge in [-0.05, 0) is 25.3 Å². The first-order valence-electron chi connectivity index (χ1n) is 11.5. The monoisotopic (exact) mass is 511 g/mol. The quantitative estimate of drug-likeness (QED) is 0.571. The average molecular weight is 512 g/mol. The Hall–Kier alpha value is -2.62. The summed E-state index contributed by atoms with van der Waals surface area (Å²) in [5.41, 5.74) is 0.527. The second-order valence-corrected chi connectivity index (χ2v) is 11.2. The lowest BCUT2D eigenvalue weighted by Gasteiger charge is -2.41. The van der Waals surface area contributed by atoms with E-state index >= 15 is 0 Å². The molecule has 0 spiro atoms. The second kappa shape index (κ2) is 10.6. The number of amides is 2. The Bertz CT molecular complexity index is 1080. The number of carbonyl (C=O) groups excluding carboxylic acids is 2. The van der Waals surface area contributed by atoms with Crippen molar-refractivity contribution in [2.45, 2.75) is 45.2 Å². The van der Waals surface area contributed by atoms with E-state index in [1.807, 2.05) is 6.07 Å². The second-order valence-electron chi connectivity index (χ2n) is 9.28. The van der Waals surface area contributed by atoms with Crippen LogP contribution < -0.4 is 5.32 Å². The van der Waals surface area contributed by atoms with E-state index in [0.29, 0.717) is 24.9 Å². The highest BCUT2D eigenvalue weighted by Crippen LogP contribution is 2.28. The summed E-state index contributed by atoms with van der Waals surface area (Å²) in [6, 6.07) is 6.89. The van der Waals surface area contributed by atoms with Gasteiger partial charge in [0.1, 0.15) is 6.04 Å². The molecule has 0 saturated carbocycles. The molecule has 0 aromatic heterocycles. The van der Waals surface area contributed by atoms with Crippen molar-refractivity contribution < 1.29 is 26.8 Å². The van der Waals surface area contributed by atoms with Crippen molar-refractivity contribution in [3.8, 4) is 6.07 Å². The normalized spacial score (nSPS) is 21.0. The van der Waals surface area contributed by atoms with Crippen molar-refractivity contribution in [2.24, 2.45) is 11.8 Å². The molecule has 0 aliphatic carbocycles. The van der Waals surface area contributed by atoms with Crippen LogP contribution in [0.2, 0.25) is 0 Å². The maximum absolute atomic E-state index is 13.3. The van der Waals surface area contributed by atoms with Crippen LogP contribution in [-0.2, 0) is 32.3 Å². The van der Waals surface area contributed by atoms with Gasteiger partial charge in [0.15, 0.2) is 0 Å². The van der Waals surface area contributed by atoms with Crippen LogP contribution in [0.15, 0.2) is 24.3 Å². The third-order valence-corrected chi connectivity index (χ3v) is 8.59. The summed E-state index contributed by atoms with van der Waals surface area (Å²) in [4.78, 5) is 27.0. The van der Waals surface area contributed by atoms with Gasteiger partial charge in [-0.1, -0.05) is 24.3 Å². The highest BCUT2D eigenvalue weighted by Gasteiger charge is 2.42. The molecule has 2 fully saturated rings. The SMILES string of the molecule is C[C@H](C(=O)NCc1ccc(C(C)(F)F)cc1)N(C)C(=O)[C@H]1CCCN(S(=O)(=O)N2CC(C#N)C2)C1. The Kier molecular flexibility index (Phi) is 8.14. The van der Waals surface area contributed by atoms with Crippen molar-refractivity contribution in [2.75, 3.05) is 33.2 Å². The maximum Gasteiger partial charge on any atom is 0.282 e. The molecule has 2 aliphatic heterocycles. The van der Waals surface area contributed by atoms with Crippen LogP contribution in [-0.4, -0.2) is 73.0 Å². The first kappa shape index (κ1) is 27.0. The lowest BCUT2D eigenvalue weighted by Crippen LogP contribution is -2.57. The van der Waals surface area contributed by atoms with Gasteiger partial charge in [-0.15, -0.1) is 0 Å². The van der Waals surface area contributed by atoms with Crippen LogP contribution in [0.5, 0.6) is 0 Å². The van der Waals surface area contributed by atoms with Gasteiger partial charge in [-0.2, -0.15) is 22.3 Å². The summed E-state index contributed by atoms with van der Waals surface area (Å²) < 4.78 is 54.9. The zero-order valence-electron chi connectivity index (χ0n) is 20.1. The fourth-order valence-electron chi connectivity index (χ4n) is 4.13. The van der Waals surface area contributed by atoms with Crippen LogP contribution in [0.25, 0.3) is 0 Å². The standard InChI is InChI=1S/C23H31F2N5O4S/c1-16(21(31)27-12-17-6-8-20(9-7-17)23(2,24)25)28(3)22(32)19-5-4-10-29(15-19)35(33,34)30-13-18(11-26)14-30/h6-9,16,18-19H,4-5,10,12-15H2,1-3H3,(H,27,31)/t16-,19+/m1/s1. The number of likely N-dealkylation sites (N-methyl/N-ethyl adjacent to an activating group) is 1. The molecule has 192 valence electrons. The molecule has 2 heterocycles. The van der Waals surface area contributed by atoms with Crippen molar-refractivity contribution >= 4 is 22.0 Å². The van der Waals surface area contributed by atoms with Crippen molar-refractivity contribution in [3.63, 3.8) is 0 Å². The Morgan fingerprint density at radius 2 is 1.86 bits per heavy atom. The van der Waals surface area contributed by atoms with Gasteiger partial charge in [0, 0.05) is 52.3 Å². The summed E-state index contributed by atoms with van der Waals surface area (Å²) in [6.07, 6.45) is 1.03. The molecule has 2 amide bonds. The van der Waals surface area contributed by atoms with Gasteiger partial charge in [0.2, 0.25) is 11.8 Å². The molecule has 12 heteroatoms. The zero-order chi connectivity index (χ0) is 26.0. The van der Waals surface area contributed by atoms with Gasteiger partial charge in [-0.3, -0.25) is 9.59 Å². The first-order valence-corrected chi connectivity index (χ1v) is 12.9. The summed E-state index contributed by atoms with van der Waals surface area (Å²) in [7, 11) is -2.23. The average Bonchev–Trinajstić information content (AvgIpc) is 2.80. The highest BCUT2D eigenvalue weighted by molar-refractivity contribution is 7.86. The van der Waals surface area contributed by atoms with Gasteiger partial charge in [0.05, 0.1) is 17.9 Å². The number of rotatable bonds is 8. The highest BCUT2D eigenvalue weighted by atomic mass is 32.2. The molecule has 0 unspecified atom stereocenters. The number of hydrogen-bond acceptors (Lipinski definition) is 5. The predicted octanol–water partition coefficient (Wildman–Crippen LogP) is 1.67. The zero-order valence-corrected chi connectivity index (χ0v) is 20.9. The minimum absolute atomic E-state index is 0.0297. The maximum atomic E-state index is 13.3. The number of hydrogen-bond donors (Lipinski definition) is 1. The molecular weight excluding hydrogens is 480 g/mol. The van der Waals surface area contributed by atoms with E-state index in [-0.39, 0.29) is 43.6 Å². The Balaban J connectivity index is 1.54. The van der Waals surface area contributed by atoms with Crippen LogP contribution in [0.1, 0.15) is 37.8 Å². The fourth-order valence-corrected chi connectivity index (χ4v) is 5.92. The smallest absolute Gasteiger partial charge is 0.282 e. The van der Waals surface area contributed by atoms with Crippen LogP contribution in [0.3, 0.4) is 0 Å². The molecule has 2 atom stereocenters. The first-order chi connectivity index (χ1) is 16.3. The van der Waals surface area contributed by atoms with Gasteiger partial charge < -0.3 is 10.2 Å². The molecule has 2 saturated heterocycles. The molecule has 0 bridgehead atoms. The number of piperidine rings is 1. The number of nitrogens with one attached hydrogen (secondary N) is 1. The number of carbonyl (C=O) groups is 2. The minimum atomic E-state index is -3.73. The van der Waals surface area contributed by atoms with E-state index in [9.17, 15) is 26.8 Å². The van der Waals surface area contributed by atoms with E-state index in [1.165, 1.54) is 44.8 Å². The van der Waals surface area contributed by atoms with Crippen LogP contribution >= 0.6 is 0 Å². The molecular formula is C23H31F2N5O4S. The molecule has 0 radical (unpaired) electrons. The number of nitrogens with zero attached hydrogens (tertiary/aromatic N) is 4. The fraction of sp³-hybridized carbons (Fsp3) is 0.609. The van der Waals surface area contributed by atoms with Gasteiger partial charge in [-0.25, -0.2) is 8.78 Å². The Labute approximate surface area is 204 Å². The number of halogens is 2. The summed E-state index contributed by atoms with van der Waals surface area (Å²) in [6.45, 7) is 3.17. The molecule has 1 aromatic rings. The third kappa shape index (κ3) is 6.15. The van der Waals surface area contributed by atoms with E-state index < -0.39 is 34.0 Å². The molecule has 3 rings (SSSR count). The third-order valence-electron chi connectivity index (χ3n) is 6.65. The molecule has 9 nitrogen and oxygen atoms in total. The molecule has 35 heavy (non-hydrogen) atoms. The summed E-state index contributed by atoms with van der Waals surface area (Å²) >= 11 is 0. The topological polar surface area (TPSA) is 114 Å². The number of alkyl halides is 2. The van der Waals surface area contributed by atoms with Crippen molar-refractivity contribution in [3.05, 3.63) is 35.4 Å². The van der Waals surface area contributed by atoms with E-state index in [2.05, 4.69) is 5.32 Å². The van der Waals surface area contributed by atoms with E-state index in [4.69, 9.17) is 5.26 Å². The van der Waals surface area contributed by atoms with E-state index in [0.717, 1.165) is 6.92 Å². The molecule has 1 aromatic carbocycles. The van der Waals surface area contributed by atoms with Crippen LogP contribution in [0, 0.1) is 23.2 Å². The van der Waals surface area contributed by atoms with Gasteiger partial charge >= 0.3 is 0 Å². The number of nitriles is 1. The van der Waals surface area contributed by atoms with Gasteiger partial charge in [0.25, 0.3) is 16.1 Å². The van der Waals surface area contributed by atoms with Crippen LogP contribution in [0.4, 0.5) is 8.78 Å². The lowest BCUT2D eigenvalue weighted by molar-refractivity contribution is -0.142. The minimum Gasteiger partial charge on any atom is -0.350 e. The number of benzene rings is 1. The van der Waals surface area contributed by atoms with Crippen molar-refractivity contribution in [1.82, 2.24) is 18.8 Å². The summed E-state index contributed by atoms with van der Waals surface area (Å²) in [5, 5.41) is 11.6. The summed E-state index contributed by atoms with van der Waals surface area (Å²) in [5.74, 6) is -4.55. The molecule has 1 N–H and O–H groups in total. The molecule has 2 aliphatic rings. The Morgan fingerprint density at radius 3 is 2.43 bits per heavy atom. The van der Waals surface area contributed by atoms with Crippen molar-refractivity contribution in [1.29, 1.82) is 5.26 Å². The van der Waals surface area contributed by atoms with E-state index in [1.54, 1.807) is 6.92 Å².